The third-order valence-corrected chi connectivity index (χ3v) is 15.0. The maximum atomic E-state index is 12.9. The van der Waals surface area contributed by atoms with E-state index in [0.29, 0.717) is 17.4 Å². The van der Waals surface area contributed by atoms with Gasteiger partial charge in [0.2, 0.25) is 0 Å². The number of carbonyl (C=O) groups excluding carboxylic acids is 3. The molecule has 85 heavy (non-hydrogen) atoms. The fraction of sp³-hybridized carbons (Fsp3) is 0.724. The number of carbonyl (C=O) groups is 3. The Hall–Kier alpha value is -4.05. The lowest BCUT2D eigenvalue weighted by atomic mass is 10.0. The molecule has 0 saturated carbocycles. The summed E-state index contributed by atoms with van der Waals surface area (Å²) in [6, 6.07) is 0. The van der Waals surface area contributed by atoms with E-state index in [1.165, 1.54) is 167 Å². The first-order chi connectivity index (χ1) is 41.6. The number of likely N-dealkylation sites (N-methyl/N-ethyl adjacent to an activating group) is 1. The van der Waals surface area contributed by atoms with E-state index < -0.39 is 24.3 Å². The van der Waals surface area contributed by atoms with E-state index in [2.05, 4.69) is 123 Å². The molecule has 0 aromatic rings. The van der Waals surface area contributed by atoms with E-state index >= 15 is 0 Å². The van der Waals surface area contributed by atoms with Crippen molar-refractivity contribution in [2.75, 3.05) is 47.5 Å². The molecule has 488 valence electrons. The van der Waals surface area contributed by atoms with Crippen LogP contribution in [-0.4, -0.2) is 82.3 Å². The molecule has 0 fully saturated rings. The molecular weight excluding hydrogens is 1050 g/mol. The van der Waals surface area contributed by atoms with Gasteiger partial charge in [-0.05, 0) is 103 Å². The predicted molar refractivity (Wildman–Crippen MR) is 361 cm³/mol. The number of nitrogens with zero attached hydrogens (tertiary/aromatic N) is 1. The van der Waals surface area contributed by atoms with E-state index in [1.807, 2.05) is 21.1 Å². The smallest absolute Gasteiger partial charge is 0.306 e. The number of hydrogen-bond donors (Lipinski definition) is 0. The fourth-order valence-electron chi connectivity index (χ4n) is 9.67. The Morgan fingerprint density at radius 2 is 0.671 bits per heavy atom. The third kappa shape index (κ3) is 67.3. The van der Waals surface area contributed by atoms with E-state index in [0.717, 1.165) is 96.3 Å². The fourth-order valence-corrected chi connectivity index (χ4v) is 9.67. The SMILES string of the molecule is CC/C=C\C/C=C\C/C=C\C/C=C\C/C=C\C/C=C\CCCCCCCCCCCCCCCCCCCCCCCCC(=O)OC(COC(=O)CCCCCCCC/C=C\C/C=C\C/C=C\CCCCC)COC(OCC[N+](C)(C)C)C(=O)[O-]. The number of ether oxygens (including phenoxy) is 4. The van der Waals surface area contributed by atoms with Crippen molar-refractivity contribution in [1.29, 1.82) is 0 Å². The zero-order valence-electron chi connectivity index (χ0n) is 55.7. The van der Waals surface area contributed by atoms with Crippen LogP contribution >= 0.6 is 0 Å². The standard InChI is InChI=1S/C76H131NO8/c1-6-8-10-12-14-16-18-20-22-24-26-27-28-29-30-31-32-33-34-35-36-37-38-39-40-41-42-43-44-45-46-47-49-51-53-55-57-59-61-63-65-67-74(79)85-72(71-84-76(75(80)81)82-69-68-77(3,4)5)70-83-73(78)66-64-62-60-58-56-54-52-50-48-25-23-21-19-17-15-13-11-9-7-2/h8,10,14-17,20-23,26-27,29-30,32-33,48,50,72,76H,6-7,9,11-13,18-19,24-25,28,31,34-47,49,51-71H2,1-5H3/b10-8-,16-14-,17-15-,22-20-,23-21-,27-26-,30-29-,33-32-,50-48-. The summed E-state index contributed by atoms with van der Waals surface area (Å²) < 4.78 is 22.8. The first-order valence-corrected chi connectivity index (χ1v) is 35.0. The summed E-state index contributed by atoms with van der Waals surface area (Å²) in [5.74, 6) is -2.29. The number of quaternary nitrogens is 1. The Kier molecular flexibility index (Phi) is 62.8. The van der Waals surface area contributed by atoms with Crippen molar-refractivity contribution in [3.63, 3.8) is 0 Å². The average Bonchev–Trinajstić information content (AvgIpc) is 3.49. The van der Waals surface area contributed by atoms with Crippen molar-refractivity contribution in [2.24, 2.45) is 0 Å². The van der Waals surface area contributed by atoms with Crippen LogP contribution in [-0.2, 0) is 33.3 Å². The molecule has 9 nitrogen and oxygen atoms in total. The quantitative estimate of drug-likeness (QED) is 0.0195. The van der Waals surface area contributed by atoms with Gasteiger partial charge in [-0.15, -0.1) is 0 Å². The highest BCUT2D eigenvalue weighted by molar-refractivity contribution is 5.70. The molecule has 0 amide bonds. The molecule has 2 unspecified atom stereocenters. The Morgan fingerprint density at radius 1 is 0.365 bits per heavy atom. The summed E-state index contributed by atoms with van der Waals surface area (Å²) in [7, 11) is 5.92. The first kappa shape index (κ1) is 81.0. The zero-order chi connectivity index (χ0) is 61.9. The summed E-state index contributed by atoms with van der Waals surface area (Å²) in [5.41, 5.74) is 0. The lowest BCUT2D eigenvalue weighted by Gasteiger charge is -2.26. The number of carboxylic acid groups (broad SMARTS) is 1. The van der Waals surface area contributed by atoms with Gasteiger partial charge in [-0.3, -0.25) is 9.59 Å². The lowest BCUT2D eigenvalue weighted by Crippen LogP contribution is -2.44. The van der Waals surface area contributed by atoms with Crippen molar-refractivity contribution >= 4 is 17.9 Å². The highest BCUT2D eigenvalue weighted by Crippen LogP contribution is 2.17. The van der Waals surface area contributed by atoms with E-state index in [1.54, 1.807) is 0 Å². The topological polar surface area (TPSA) is 111 Å². The molecule has 0 radical (unpaired) electrons. The van der Waals surface area contributed by atoms with Crippen LogP contribution in [0.1, 0.15) is 296 Å². The molecule has 0 aromatic carbocycles. The van der Waals surface area contributed by atoms with Gasteiger partial charge >= 0.3 is 11.9 Å². The van der Waals surface area contributed by atoms with Crippen LogP contribution in [0.2, 0.25) is 0 Å². The van der Waals surface area contributed by atoms with Crippen LogP contribution in [0.3, 0.4) is 0 Å². The molecule has 0 aliphatic rings. The van der Waals surface area contributed by atoms with Gasteiger partial charge in [-0.1, -0.05) is 290 Å². The van der Waals surface area contributed by atoms with Crippen molar-refractivity contribution < 1.29 is 42.9 Å². The van der Waals surface area contributed by atoms with E-state index in [4.69, 9.17) is 18.9 Å². The average molecular weight is 1190 g/mol. The highest BCUT2D eigenvalue weighted by atomic mass is 16.7. The predicted octanol–water partition coefficient (Wildman–Crippen LogP) is 20.5. The largest absolute Gasteiger partial charge is 0.545 e. The van der Waals surface area contributed by atoms with Crippen LogP contribution in [0.5, 0.6) is 0 Å². The van der Waals surface area contributed by atoms with Crippen LogP contribution in [0.4, 0.5) is 0 Å². The van der Waals surface area contributed by atoms with Crippen molar-refractivity contribution in [3.8, 4) is 0 Å². The van der Waals surface area contributed by atoms with Gasteiger partial charge in [0.1, 0.15) is 13.2 Å². The number of hydrogen-bond acceptors (Lipinski definition) is 8. The molecule has 0 N–H and O–H groups in total. The summed E-state index contributed by atoms with van der Waals surface area (Å²) in [6.45, 7) is 4.61. The van der Waals surface area contributed by atoms with E-state index in [9.17, 15) is 19.5 Å². The summed E-state index contributed by atoms with van der Waals surface area (Å²) in [6.07, 6.45) is 88.9. The molecule has 0 bridgehead atoms. The Bertz CT molecular complexity index is 1760. The summed E-state index contributed by atoms with van der Waals surface area (Å²) in [5, 5.41) is 11.8. The maximum absolute atomic E-state index is 12.9. The monoisotopic (exact) mass is 1190 g/mol. The van der Waals surface area contributed by atoms with Crippen LogP contribution in [0, 0.1) is 0 Å². The molecule has 0 saturated heterocycles. The number of rotatable bonds is 64. The van der Waals surface area contributed by atoms with Gasteiger partial charge in [0.05, 0.1) is 40.3 Å². The van der Waals surface area contributed by atoms with Gasteiger partial charge in [0.25, 0.3) is 0 Å². The Labute approximate surface area is 524 Å². The molecule has 0 aromatic heterocycles. The molecule has 0 spiro atoms. The number of aliphatic carboxylic acids is 1. The molecule has 2 atom stereocenters. The van der Waals surface area contributed by atoms with Crippen LogP contribution < -0.4 is 5.11 Å². The number of allylic oxidation sites excluding steroid dienone is 18. The van der Waals surface area contributed by atoms with Crippen LogP contribution in [0.15, 0.2) is 109 Å². The minimum Gasteiger partial charge on any atom is -0.545 e. The maximum Gasteiger partial charge on any atom is 0.306 e. The minimum atomic E-state index is -1.63. The molecule has 9 heteroatoms. The first-order valence-electron chi connectivity index (χ1n) is 35.0. The molecule has 0 aliphatic heterocycles. The third-order valence-electron chi connectivity index (χ3n) is 15.0. The van der Waals surface area contributed by atoms with Gasteiger partial charge in [0, 0.05) is 12.8 Å². The molecule has 0 heterocycles. The summed E-state index contributed by atoms with van der Waals surface area (Å²) in [4.78, 5) is 37.4. The van der Waals surface area contributed by atoms with Crippen molar-refractivity contribution in [3.05, 3.63) is 109 Å². The molecule has 0 aliphatic carbocycles. The zero-order valence-corrected chi connectivity index (χ0v) is 55.7. The van der Waals surface area contributed by atoms with Crippen molar-refractivity contribution in [2.45, 2.75) is 309 Å². The van der Waals surface area contributed by atoms with E-state index in [-0.39, 0.29) is 38.6 Å². The molecular formula is C76H131NO8. The second-order valence-electron chi connectivity index (χ2n) is 24.4. The van der Waals surface area contributed by atoms with Crippen LogP contribution in [0.25, 0.3) is 0 Å². The van der Waals surface area contributed by atoms with Gasteiger partial charge < -0.3 is 33.3 Å². The number of unbranched alkanes of at least 4 members (excludes halogenated alkanes) is 31. The lowest BCUT2D eigenvalue weighted by molar-refractivity contribution is -0.870. The second kappa shape index (κ2) is 65.9. The van der Waals surface area contributed by atoms with Gasteiger partial charge in [0.15, 0.2) is 12.4 Å². The normalized spacial score (nSPS) is 13.4. The summed E-state index contributed by atoms with van der Waals surface area (Å²) >= 11 is 0. The Morgan fingerprint density at radius 3 is 1.00 bits per heavy atom. The highest BCUT2D eigenvalue weighted by Gasteiger charge is 2.22. The number of esters is 2. The van der Waals surface area contributed by atoms with Gasteiger partial charge in [-0.2, -0.15) is 0 Å². The Balaban J connectivity index is 4.01. The van der Waals surface area contributed by atoms with Gasteiger partial charge in [-0.25, -0.2) is 0 Å². The molecule has 0 rings (SSSR count). The second-order valence-corrected chi connectivity index (χ2v) is 24.4. The minimum absolute atomic E-state index is 0.143. The number of carboxylic acids is 1. The van der Waals surface area contributed by atoms with Crippen molar-refractivity contribution in [1.82, 2.24) is 0 Å².